The minimum Gasteiger partial charge on any atom is -0.465 e. The molecular formula is C13H18N4O4. The second kappa shape index (κ2) is 5.03. The van der Waals surface area contributed by atoms with Crippen LogP contribution in [0.25, 0.3) is 0 Å². The van der Waals surface area contributed by atoms with E-state index in [0.717, 1.165) is 5.69 Å². The highest BCUT2D eigenvalue weighted by Gasteiger charge is 2.36. The zero-order chi connectivity index (χ0) is 15.1. The van der Waals surface area contributed by atoms with Gasteiger partial charge < -0.3 is 14.7 Å². The third-order valence-corrected chi connectivity index (χ3v) is 4.18. The van der Waals surface area contributed by atoms with Crippen molar-refractivity contribution in [2.75, 3.05) is 18.6 Å². The first-order chi connectivity index (χ1) is 10.0. The van der Waals surface area contributed by atoms with Crippen LogP contribution in [-0.4, -0.2) is 57.6 Å². The van der Waals surface area contributed by atoms with Crippen LogP contribution in [0, 0.1) is 0 Å². The minimum absolute atomic E-state index is 0.0156. The summed E-state index contributed by atoms with van der Waals surface area (Å²) in [7, 11) is 1.59. The predicted molar refractivity (Wildman–Crippen MR) is 73.0 cm³/mol. The Bertz CT molecular complexity index is 585. The lowest BCUT2D eigenvalue weighted by Crippen LogP contribution is -2.44. The van der Waals surface area contributed by atoms with Crippen molar-refractivity contribution >= 4 is 17.7 Å². The molecule has 21 heavy (non-hydrogen) atoms. The molecule has 0 saturated carbocycles. The van der Waals surface area contributed by atoms with Gasteiger partial charge in [0.1, 0.15) is 0 Å². The third-order valence-electron chi connectivity index (χ3n) is 4.18. The van der Waals surface area contributed by atoms with Gasteiger partial charge in [0.15, 0.2) is 0 Å². The van der Waals surface area contributed by atoms with Gasteiger partial charge in [-0.1, -0.05) is 0 Å². The predicted octanol–water partition coefficient (Wildman–Crippen LogP) is 0.517. The molecule has 1 aromatic rings. The van der Waals surface area contributed by atoms with Crippen molar-refractivity contribution in [1.29, 1.82) is 0 Å². The number of fused-ring (bicyclic) bond motifs is 1. The highest BCUT2D eigenvalue weighted by molar-refractivity contribution is 5.96. The van der Waals surface area contributed by atoms with E-state index in [9.17, 15) is 14.7 Å². The number of aromatic nitrogens is 2. The number of carbonyl (C=O) groups is 2. The topological polar surface area (TPSA) is 87.9 Å². The van der Waals surface area contributed by atoms with Crippen LogP contribution in [0.4, 0.5) is 10.5 Å². The van der Waals surface area contributed by atoms with Crippen molar-refractivity contribution < 1.29 is 19.4 Å². The Morgan fingerprint density at radius 2 is 2.24 bits per heavy atom. The lowest BCUT2D eigenvalue weighted by Gasteiger charge is -2.32. The van der Waals surface area contributed by atoms with Crippen molar-refractivity contribution in [2.45, 2.75) is 38.6 Å². The molecule has 2 aliphatic rings. The maximum atomic E-state index is 12.1. The number of ether oxygens (including phenoxy) is 1. The largest absolute Gasteiger partial charge is 0.465 e. The maximum Gasteiger partial charge on any atom is 0.407 e. The van der Waals surface area contributed by atoms with E-state index in [4.69, 9.17) is 4.74 Å². The summed E-state index contributed by atoms with van der Waals surface area (Å²) in [5.41, 5.74) is 1.46. The average molecular weight is 294 g/mol. The molecule has 2 aliphatic heterocycles. The van der Waals surface area contributed by atoms with Crippen LogP contribution < -0.4 is 4.90 Å². The number of amides is 2. The molecule has 2 amide bonds. The number of carboxylic acid groups (broad SMARTS) is 1. The molecule has 0 bridgehead atoms. The van der Waals surface area contributed by atoms with E-state index < -0.39 is 6.09 Å². The van der Waals surface area contributed by atoms with E-state index in [0.29, 0.717) is 25.2 Å². The fourth-order valence-corrected chi connectivity index (χ4v) is 2.93. The van der Waals surface area contributed by atoms with Crippen LogP contribution in [0.2, 0.25) is 0 Å². The van der Waals surface area contributed by atoms with E-state index >= 15 is 0 Å². The summed E-state index contributed by atoms with van der Waals surface area (Å²) in [6.45, 7) is 3.07. The highest BCUT2D eigenvalue weighted by Crippen LogP contribution is 2.30. The standard InChI is InChI=1S/C13H18N4O4/c1-8-5-17-11(7-15(8)13(19)20)10(4-14-17)16-6-9(21-2)3-12(16)18/h4,8-9H,3,5-7H2,1-2H3,(H,19,20)/t8-,9?/m0/s1. The average Bonchev–Trinajstić information content (AvgIpc) is 3.00. The van der Waals surface area contributed by atoms with Crippen LogP contribution in [0.15, 0.2) is 6.20 Å². The molecule has 1 aromatic heterocycles. The third kappa shape index (κ3) is 2.25. The van der Waals surface area contributed by atoms with E-state index in [1.165, 1.54) is 4.90 Å². The summed E-state index contributed by atoms with van der Waals surface area (Å²) >= 11 is 0. The molecule has 3 rings (SSSR count). The molecule has 1 unspecified atom stereocenters. The van der Waals surface area contributed by atoms with E-state index in [-0.39, 0.29) is 24.6 Å². The monoisotopic (exact) mass is 294 g/mol. The van der Waals surface area contributed by atoms with Gasteiger partial charge in [-0.05, 0) is 6.92 Å². The number of carbonyl (C=O) groups excluding carboxylic acids is 1. The van der Waals surface area contributed by atoms with Gasteiger partial charge in [0.05, 0.1) is 55.8 Å². The molecule has 8 nitrogen and oxygen atoms in total. The second-order valence-corrected chi connectivity index (χ2v) is 5.48. The minimum atomic E-state index is -0.955. The number of hydrogen-bond donors (Lipinski definition) is 1. The van der Waals surface area contributed by atoms with Crippen LogP contribution in [0.3, 0.4) is 0 Å². The summed E-state index contributed by atoms with van der Waals surface area (Å²) in [5, 5.41) is 13.5. The molecule has 0 radical (unpaired) electrons. The molecule has 1 N–H and O–H groups in total. The quantitative estimate of drug-likeness (QED) is 0.859. The van der Waals surface area contributed by atoms with Crippen LogP contribution in [0.1, 0.15) is 19.0 Å². The van der Waals surface area contributed by atoms with Gasteiger partial charge in [-0.25, -0.2) is 4.79 Å². The Morgan fingerprint density at radius 3 is 2.86 bits per heavy atom. The molecular weight excluding hydrogens is 276 g/mol. The molecule has 1 fully saturated rings. The fraction of sp³-hybridized carbons (Fsp3) is 0.615. The van der Waals surface area contributed by atoms with Crippen LogP contribution in [0.5, 0.6) is 0 Å². The smallest absolute Gasteiger partial charge is 0.407 e. The van der Waals surface area contributed by atoms with Crippen LogP contribution in [-0.2, 0) is 22.6 Å². The lowest BCUT2D eigenvalue weighted by molar-refractivity contribution is -0.117. The van der Waals surface area contributed by atoms with Gasteiger partial charge in [0.2, 0.25) is 5.91 Å². The SMILES string of the molecule is COC1CC(=O)N(c2cnn3c2CN(C(=O)O)[C@@H](C)C3)C1. The first kappa shape index (κ1) is 13.9. The first-order valence-corrected chi connectivity index (χ1v) is 6.88. The molecule has 2 atom stereocenters. The number of nitrogens with zero attached hydrogens (tertiary/aromatic N) is 4. The van der Waals surface area contributed by atoms with Crippen molar-refractivity contribution in [2.24, 2.45) is 0 Å². The summed E-state index contributed by atoms with van der Waals surface area (Å²) in [4.78, 5) is 26.4. The summed E-state index contributed by atoms with van der Waals surface area (Å²) in [5.74, 6) is -0.0156. The zero-order valence-corrected chi connectivity index (χ0v) is 12.0. The molecule has 0 spiro atoms. The number of anilines is 1. The van der Waals surface area contributed by atoms with E-state index in [1.54, 1.807) is 22.9 Å². The van der Waals surface area contributed by atoms with Gasteiger partial charge in [0.25, 0.3) is 0 Å². The molecule has 0 aromatic carbocycles. The molecule has 1 saturated heterocycles. The number of hydrogen-bond acceptors (Lipinski definition) is 4. The van der Waals surface area contributed by atoms with Gasteiger partial charge in [-0.15, -0.1) is 0 Å². The van der Waals surface area contributed by atoms with E-state index in [1.807, 2.05) is 6.92 Å². The van der Waals surface area contributed by atoms with Gasteiger partial charge in [-0.2, -0.15) is 5.10 Å². The van der Waals surface area contributed by atoms with E-state index in [2.05, 4.69) is 5.10 Å². The Labute approximate surface area is 121 Å². The van der Waals surface area contributed by atoms with Gasteiger partial charge in [0, 0.05) is 7.11 Å². The fourth-order valence-electron chi connectivity index (χ4n) is 2.93. The second-order valence-electron chi connectivity index (χ2n) is 5.48. The zero-order valence-electron chi connectivity index (χ0n) is 12.0. The Hall–Kier alpha value is -2.09. The summed E-state index contributed by atoms with van der Waals surface area (Å²) in [6, 6.07) is -0.135. The Morgan fingerprint density at radius 1 is 1.48 bits per heavy atom. The highest BCUT2D eigenvalue weighted by atomic mass is 16.5. The first-order valence-electron chi connectivity index (χ1n) is 6.88. The maximum absolute atomic E-state index is 12.1. The lowest BCUT2D eigenvalue weighted by atomic mass is 10.2. The number of rotatable bonds is 2. The van der Waals surface area contributed by atoms with Gasteiger partial charge >= 0.3 is 6.09 Å². The van der Waals surface area contributed by atoms with Crippen molar-refractivity contribution in [3.05, 3.63) is 11.9 Å². The number of methoxy groups -OCH3 is 1. The van der Waals surface area contributed by atoms with Crippen molar-refractivity contribution in [3.8, 4) is 0 Å². The Balaban J connectivity index is 1.90. The molecule has 0 aliphatic carbocycles. The summed E-state index contributed by atoms with van der Waals surface area (Å²) < 4.78 is 7.02. The molecule has 114 valence electrons. The van der Waals surface area contributed by atoms with Gasteiger partial charge in [-0.3, -0.25) is 14.4 Å². The van der Waals surface area contributed by atoms with Crippen molar-refractivity contribution in [3.63, 3.8) is 0 Å². The normalized spacial score (nSPS) is 25.3. The molecule has 3 heterocycles. The summed E-state index contributed by atoms with van der Waals surface area (Å²) in [6.07, 6.45) is 0.915. The Kier molecular flexibility index (Phi) is 3.32. The van der Waals surface area contributed by atoms with Crippen LogP contribution >= 0.6 is 0 Å². The molecule has 8 heteroatoms. The van der Waals surface area contributed by atoms with Crippen molar-refractivity contribution in [1.82, 2.24) is 14.7 Å².